The zero-order valence-electron chi connectivity index (χ0n) is 14.6. The fourth-order valence-corrected chi connectivity index (χ4v) is 5.61. The maximum absolute atomic E-state index is 13.1. The lowest BCUT2D eigenvalue weighted by Crippen LogP contribution is -2.40. The minimum absolute atomic E-state index is 0.0870. The van der Waals surface area contributed by atoms with Gasteiger partial charge in [-0.2, -0.15) is 4.31 Å². The Labute approximate surface area is 148 Å². The van der Waals surface area contributed by atoms with Crippen molar-refractivity contribution in [2.75, 3.05) is 24.5 Å². The van der Waals surface area contributed by atoms with Crippen LogP contribution in [0, 0.1) is 10.1 Å². The lowest BCUT2D eigenvalue weighted by molar-refractivity contribution is -0.385. The average molecular weight is 367 g/mol. The lowest BCUT2D eigenvalue weighted by Gasteiger charge is -2.38. The Kier molecular flexibility index (Phi) is 5.29. The summed E-state index contributed by atoms with van der Waals surface area (Å²) in [5.74, 6) is 0. The molecule has 0 spiro atoms. The standard InChI is InChI=1S/C17H25N3O4S/c1-2-14-7-3-4-12-19(14)16-9-8-15(20(21)22)13-17(16)25(23,24)18-10-5-6-11-18/h8-9,13-14H,2-7,10-12H2,1H3. The van der Waals surface area contributed by atoms with Crippen molar-refractivity contribution in [3.05, 3.63) is 28.3 Å². The first-order chi connectivity index (χ1) is 11.9. The third kappa shape index (κ3) is 3.50. The van der Waals surface area contributed by atoms with E-state index in [4.69, 9.17) is 0 Å². The van der Waals surface area contributed by atoms with Gasteiger partial charge < -0.3 is 4.90 Å². The summed E-state index contributed by atoms with van der Waals surface area (Å²) in [6, 6.07) is 4.56. The predicted octanol–water partition coefficient (Wildman–Crippen LogP) is 3.15. The van der Waals surface area contributed by atoms with Gasteiger partial charge in [0.1, 0.15) is 4.90 Å². The summed E-state index contributed by atoms with van der Waals surface area (Å²) in [5.41, 5.74) is 0.440. The maximum Gasteiger partial charge on any atom is 0.270 e. The van der Waals surface area contributed by atoms with Crippen LogP contribution in [0.4, 0.5) is 11.4 Å². The Morgan fingerprint density at radius 1 is 1.16 bits per heavy atom. The maximum atomic E-state index is 13.1. The first kappa shape index (κ1) is 18.1. The third-order valence-electron chi connectivity index (χ3n) is 5.24. The normalized spacial score (nSPS) is 22.3. The van der Waals surface area contributed by atoms with Gasteiger partial charge in [-0.25, -0.2) is 8.42 Å². The van der Waals surface area contributed by atoms with E-state index < -0.39 is 14.9 Å². The molecule has 2 fully saturated rings. The van der Waals surface area contributed by atoms with Gasteiger partial charge in [0.25, 0.3) is 5.69 Å². The van der Waals surface area contributed by atoms with Gasteiger partial charge in [-0.3, -0.25) is 10.1 Å². The highest BCUT2D eigenvalue weighted by atomic mass is 32.2. The van der Waals surface area contributed by atoms with Gasteiger partial charge in [0, 0.05) is 37.8 Å². The van der Waals surface area contributed by atoms with Crippen molar-refractivity contribution < 1.29 is 13.3 Å². The van der Waals surface area contributed by atoms with Crippen LogP contribution in [0.15, 0.2) is 23.1 Å². The number of anilines is 1. The largest absolute Gasteiger partial charge is 0.367 e. The van der Waals surface area contributed by atoms with E-state index in [-0.39, 0.29) is 16.6 Å². The molecule has 0 radical (unpaired) electrons. The molecule has 1 atom stereocenters. The summed E-state index contributed by atoms with van der Waals surface area (Å²) in [6.07, 6.45) is 5.78. The first-order valence-corrected chi connectivity index (χ1v) is 10.4. The van der Waals surface area contributed by atoms with E-state index in [2.05, 4.69) is 11.8 Å². The lowest BCUT2D eigenvalue weighted by atomic mass is 9.99. The summed E-state index contributed by atoms with van der Waals surface area (Å²) in [6.45, 7) is 3.87. The molecule has 1 unspecified atom stereocenters. The molecule has 2 aliphatic heterocycles. The van der Waals surface area contributed by atoms with Gasteiger partial charge in [-0.15, -0.1) is 0 Å². The van der Waals surface area contributed by atoms with E-state index in [1.54, 1.807) is 6.07 Å². The van der Waals surface area contributed by atoms with Crippen LogP contribution in [0.5, 0.6) is 0 Å². The number of non-ortho nitro benzene ring substituents is 1. The second-order valence-electron chi connectivity index (χ2n) is 6.77. The topological polar surface area (TPSA) is 83.8 Å². The van der Waals surface area contributed by atoms with Crippen LogP contribution in [0.25, 0.3) is 0 Å². The molecule has 2 aliphatic rings. The fourth-order valence-electron chi connectivity index (χ4n) is 3.87. The quantitative estimate of drug-likeness (QED) is 0.590. The van der Waals surface area contributed by atoms with Crippen LogP contribution in [0.1, 0.15) is 45.4 Å². The molecule has 3 rings (SSSR count). The van der Waals surface area contributed by atoms with Gasteiger partial charge in [0.15, 0.2) is 0 Å². The molecular weight excluding hydrogens is 342 g/mol. The third-order valence-corrected chi connectivity index (χ3v) is 7.17. The summed E-state index contributed by atoms with van der Waals surface area (Å²) in [7, 11) is -3.72. The predicted molar refractivity (Wildman–Crippen MR) is 96.4 cm³/mol. The van der Waals surface area contributed by atoms with E-state index in [0.717, 1.165) is 45.1 Å². The van der Waals surface area contributed by atoms with Crippen molar-refractivity contribution in [2.24, 2.45) is 0 Å². The Hall–Kier alpha value is -1.67. The molecule has 2 heterocycles. The van der Waals surface area contributed by atoms with Gasteiger partial charge >= 0.3 is 0 Å². The highest BCUT2D eigenvalue weighted by Crippen LogP contribution is 2.36. The Balaban J connectivity index is 2.10. The fraction of sp³-hybridized carbons (Fsp3) is 0.647. The highest BCUT2D eigenvalue weighted by Gasteiger charge is 2.34. The van der Waals surface area contributed by atoms with Crippen molar-refractivity contribution in [2.45, 2.75) is 56.4 Å². The number of rotatable bonds is 5. The SMILES string of the molecule is CCC1CCCCN1c1ccc([N+](=O)[O-])cc1S(=O)(=O)N1CCCC1. The molecule has 2 saturated heterocycles. The summed E-state index contributed by atoms with van der Waals surface area (Å²) >= 11 is 0. The van der Waals surface area contributed by atoms with Crippen LogP contribution >= 0.6 is 0 Å². The molecule has 7 nitrogen and oxygen atoms in total. The van der Waals surface area contributed by atoms with Crippen molar-refractivity contribution >= 4 is 21.4 Å². The van der Waals surface area contributed by atoms with E-state index >= 15 is 0 Å². The van der Waals surface area contributed by atoms with Crippen molar-refractivity contribution in [3.8, 4) is 0 Å². The number of hydrogen-bond acceptors (Lipinski definition) is 5. The molecule has 25 heavy (non-hydrogen) atoms. The number of sulfonamides is 1. The molecule has 0 aliphatic carbocycles. The number of benzene rings is 1. The average Bonchev–Trinajstić information content (AvgIpc) is 3.16. The monoisotopic (exact) mass is 367 g/mol. The molecule has 1 aromatic carbocycles. The molecule has 0 N–H and O–H groups in total. The summed E-state index contributed by atoms with van der Waals surface area (Å²) < 4.78 is 27.7. The number of nitro groups is 1. The minimum Gasteiger partial charge on any atom is -0.367 e. The Morgan fingerprint density at radius 2 is 1.84 bits per heavy atom. The number of nitro benzene ring substituents is 1. The summed E-state index contributed by atoms with van der Waals surface area (Å²) in [5, 5.41) is 11.2. The molecule has 0 amide bonds. The summed E-state index contributed by atoms with van der Waals surface area (Å²) in [4.78, 5) is 12.9. The van der Waals surface area contributed by atoms with Crippen LogP contribution in [-0.4, -0.2) is 43.3 Å². The first-order valence-electron chi connectivity index (χ1n) is 9.00. The molecule has 0 saturated carbocycles. The molecule has 0 bridgehead atoms. The van der Waals surface area contributed by atoms with Gasteiger partial charge in [-0.1, -0.05) is 6.92 Å². The number of nitrogens with zero attached hydrogens (tertiary/aromatic N) is 3. The van der Waals surface area contributed by atoms with Crippen LogP contribution in [-0.2, 0) is 10.0 Å². The molecule has 8 heteroatoms. The number of piperidine rings is 1. The van der Waals surface area contributed by atoms with Crippen LogP contribution in [0.2, 0.25) is 0 Å². The van der Waals surface area contributed by atoms with Gasteiger partial charge in [0.05, 0.1) is 10.6 Å². The van der Waals surface area contributed by atoms with E-state index in [9.17, 15) is 18.5 Å². The molecule has 1 aromatic rings. The number of hydrogen-bond donors (Lipinski definition) is 0. The second kappa shape index (κ2) is 7.29. The van der Waals surface area contributed by atoms with Crippen LogP contribution in [0.3, 0.4) is 0 Å². The van der Waals surface area contributed by atoms with Gasteiger partial charge in [-0.05, 0) is 44.6 Å². The smallest absolute Gasteiger partial charge is 0.270 e. The Bertz CT molecular complexity index is 744. The van der Waals surface area contributed by atoms with Crippen molar-refractivity contribution in [1.29, 1.82) is 0 Å². The zero-order valence-corrected chi connectivity index (χ0v) is 15.4. The van der Waals surface area contributed by atoms with E-state index in [1.807, 2.05) is 0 Å². The minimum atomic E-state index is -3.72. The second-order valence-corrected chi connectivity index (χ2v) is 8.68. The molecule has 0 aromatic heterocycles. The molecular formula is C17H25N3O4S. The van der Waals surface area contributed by atoms with E-state index in [1.165, 1.54) is 16.4 Å². The highest BCUT2D eigenvalue weighted by molar-refractivity contribution is 7.89. The van der Waals surface area contributed by atoms with Crippen LogP contribution < -0.4 is 4.90 Å². The van der Waals surface area contributed by atoms with Crippen molar-refractivity contribution in [3.63, 3.8) is 0 Å². The zero-order chi connectivity index (χ0) is 18.0. The van der Waals surface area contributed by atoms with E-state index in [0.29, 0.717) is 18.8 Å². The van der Waals surface area contributed by atoms with Crippen molar-refractivity contribution in [1.82, 2.24) is 4.31 Å². The Morgan fingerprint density at radius 3 is 2.48 bits per heavy atom. The van der Waals surface area contributed by atoms with Gasteiger partial charge in [0.2, 0.25) is 10.0 Å². The molecule has 138 valence electrons.